The van der Waals surface area contributed by atoms with Gasteiger partial charge in [-0.2, -0.15) is 0 Å². The molecule has 5 nitrogen and oxygen atoms in total. The average molecular weight is 406 g/mol. The quantitative estimate of drug-likeness (QED) is 0.464. The Kier molecular flexibility index (Phi) is 8.64. The largest absolute Gasteiger partial charge is 0.374 e. The van der Waals surface area contributed by atoms with Crippen LogP contribution in [-0.2, 0) is 12.8 Å². The minimum Gasteiger partial charge on any atom is -0.374 e. The molecule has 2 N–H and O–H groups in total. The summed E-state index contributed by atoms with van der Waals surface area (Å²) in [5.74, 6) is 0.801. The van der Waals surface area contributed by atoms with Crippen molar-refractivity contribution in [1.29, 1.82) is 0 Å². The van der Waals surface area contributed by atoms with E-state index in [0.717, 1.165) is 62.8 Å². The third-order valence-electron chi connectivity index (χ3n) is 6.13. The number of fused-ring (bicyclic) bond motifs is 1. The van der Waals surface area contributed by atoms with Gasteiger partial charge in [-0.15, -0.1) is 5.73 Å². The molecule has 0 radical (unpaired) electrons. The Bertz CT molecular complexity index is 786. The number of hydrogen-bond donors (Lipinski definition) is 2. The first-order valence-corrected chi connectivity index (χ1v) is 11.0. The lowest BCUT2D eigenvalue weighted by molar-refractivity contribution is 0.188. The van der Waals surface area contributed by atoms with Crippen molar-refractivity contribution in [2.45, 2.75) is 38.1 Å². The summed E-state index contributed by atoms with van der Waals surface area (Å²) in [6.07, 6.45) is 8.77. The van der Waals surface area contributed by atoms with Crippen LogP contribution in [0.25, 0.3) is 0 Å². The van der Waals surface area contributed by atoms with E-state index < -0.39 is 0 Å². The van der Waals surface area contributed by atoms with E-state index in [9.17, 15) is 0 Å². The van der Waals surface area contributed by atoms with Gasteiger partial charge < -0.3 is 15.5 Å². The summed E-state index contributed by atoms with van der Waals surface area (Å²) < 4.78 is 0. The lowest BCUT2D eigenvalue weighted by Gasteiger charge is -2.32. The first kappa shape index (κ1) is 22.2. The molecule has 1 fully saturated rings. The van der Waals surface area contributed by atoms with Crippen LogP contribution in [0.15, 0.2) is 64.7 Å². The first-order valence-electron chi connectivity index (χ1n) is 11.0. The van der Waals surface area contributed by atoms with E-state index in [-0.39, 0.29) is 0 Å². The van der Waals surface area contributed by atoms with E-state index in [0.29, 0.717) is 6.04 Å². The number of benzene rings is 1. The van der Waals surface area contributed by atoms with Gasteiger partial charge in [0.2, 0.25) is 0 Å². The number of piperidine rings is 1. The zero-order valence-corrected chi connectivity index (χ0v) is 18.2. The van der Waals surface area contributed by atoms with Gasteiger partial charge in [-0.25, -0.2) is 0 Å². The van der Waals surface area contributed by atoms with Crippen LogP contribution in [0.1, 0.15) is 30.4 Å². The zero-order valence-electron chi connectivity index (χ0n) is 18.2. The van der Waals surface area contributed by atoms with E-state index in [4.69, 9.17) is 0 Å². The van der Waals surface area contributed by atoms with Gasteiger partial charge in [0, 0.05) is 31.4 Å². The lowest BCUT2D eigenvalue weighted by Crippen LogP contribution is -2.38. The van der Waals surface area contributed by atoms with Crippen LogP contribution in [0.2, 0.25) is 0 Å². The maximum absolute atomic E-state index is 4.67. The molecule has 1 heterocycles. The maximum atomic E-state index is 4.67. The highest BCUT2D eigenvalue weighted by molar-refractivity contribution is 6.00. The molecule has 0 atom stereocenters. The molecule has 1 saturated heterocycles. The van der Waals surface area contributed by atoms with Gasteiger partial charge >= 0.3 is 0 Å². The molecule has 5 heteroatoms. The fraction of sp³-hybridized carbons (Fsp3) is 0.480. The Hall–Kier alpha value is -2.46. The molecule has 0 saturated carbocycles. The molecule has 0 bridgehead atoms. The summed E-state index contributed by atoms with van der Waals surface area (Å²) in [5, 5.41) is 6.97. The zero-order chi connectivity index (χ0) is 21.2. The van der Waals surface area contributed by atoms with Crippen LogP contribution >= 0.6 is 0 Å². The molecule has 3 rings (SSSR count). The highest BCUT2D eigenvalue weighted by Crippen LogP contribution is 2.23. The van der Waals surface area contributed by atoms with Crippen molar-refractivity contribution in [2.75, 3.05) is 33.2 Å². The van der Waals surface area contributed by atoms with Crippen LogP contribution in [0, 0.1) is 5.92 Å². The number of nitrogens with zero attached hydrogens (tertiary/aromatic N) is 3. The van der Waals surface area contributed by atoms with Gasteiger partial charge in [0.25, 0.3) is 0 Å². The molecular weight excluding hydrogens is 370 g/mol. The van der Waals surface area contributed by atoms with Crippen LogP contribution < -0.4 is 10.6 Å². The summed E-state index contributed by atoms with van der Waals surface area (Å²) in [6, 6.07) is 9.03. The van der Waals surface area contributed by atoms with E-state index in [1.54, 1.807) is 12.4 Å². The van der Waals surface area contributed by atoms with Gasteiger partial charge in [-0.05, 0) is 76.1 Å². The fourth-order valence-corrected chi connectivity index (χ4v) is 4.49. The standard InChI is InChI=1S/C25H35N5/c1-4-24(29-23-17-21-7-5-6-8-22(21)18-23)25(28-13-12-26-2)11-16-30-14-9-20(10-15-30)19-27-3/h5-8,12-13,20,23,27,29H,1-2,9-11,14-19H2,3H3/b13-12-,28-25?. The predicted octanol–water partition coefficient (Wildman–Crippen LogP) is 3.35. The molecule has 0 spiro atoms. The van der Waals surface area contributed by atoms with Gasteiger partial charge in [0.1, 0.15) is 0 Å². The second kappa shape index (κ2) is 11.7. The molecular formula is C25H35N5. The van der Waals surface area contributed by atoms with Gasteiger partial charge in [-0.1, -0.05) is 30.8 Å². The van der Waals surface area contributed by atoms with Crippen molar-refractivity contribution in [3.63, 3.8) is 0 Å². The van der Waals surface area contributed by atoms with E-state index in [1.807, 2.05) is 7.05 Å². The molecule has 0 amide bonds. The maximum Gasteiger partial charge on any atom is 0.0989 e. The number of likely N-dealkylation sites (tertiary alicyclic amines) is 1. The normalized spacial score (nSPS) is 18.4. The minimum atomic E-state index is 0.357. The Morgan fingerprint density at radius 3 is 2.50 bits per heavy atom. The van der Waals surface area contributed by atoms with Crippen molar-refractivity contribution in [3.8, 4) is 0 Å². The summed E-state index contributed by atoms with van der Waals surface area (Å²) >= 11 is 0. The number of rotatable bonds is 10. The third-order valence-corrected chi connectivity index (χ3v) is 6.13. The molecule has 1 aliphatic heterocycles. The topological polar surface area (TPSA) is 52.0 Å². The van der Waals surface area contributed by atoms with E-state index in [2.05, 4.69) is 68.8 Å². The Balaban J connectivity index is 1.60. The van der Waals surface area contributed by atoms with Crippen molar-refractivity contribution in [2.24, 2.45) is 15.9 Å². The summed E-state index contributed by atoms with van der Waals surface area (Å²) in [6.45, 7) is 11.9. The smallest absolute Gasteiger partial charge is 0.0989 e. The van der Waals surface area contributed by atoms with Crippen molar-refractivity contribution < 1.29 is 0 Å². The Morgan fingerprint density at radius 1 is 1.20 bits per heavy atom. The molecule has 1 aromatic rings. The number of aliphatic imine (C=N–C) groups is 2. The SMILES string of the molecule is C=C=C(NC1Cc2ccccc2C1)C(CCN1CCC(CNC)CC1)=N/C=C\N=C. The lowest BCUT2D eigenvalue weighted by atomic mass is 9.96. The van der Waals surface area contributed by atoms with Crippen LogP contribution in [0.5, 0.6) is 0 Å². The summed E-state index contributed by atoms with van der Waals surface area (Å²) in [5.41, 5.74) is 7.86. The predicted molar refractivity (Wildman–Crippen MR) is 127 cm³/mol. The van der Waals surface area contributed by atoms with Crippen LogP contribution in [0.4, 0.5) is 0 Å². The number of hydrogen-bond acceptors (Lipinski definition) is 5. The Morgan fingerprint density at radius 2 is 1.90 bits per heavy atom. The molecule has 1 aliphatic carbocycles. The molecule has 0 unspecified atom stereocenters. The fourth-order valence-electron chi connectivity index (χ4n) is 4.49. The molecule has 160 valence electrons. The summed E-state index contributed by atoms with van der Waals surface area (Å²) in [7, 11) is 2.04. The highest BCUT2D eigenvalue weighted by Gasteiger charge is 2.23. The van der Waals surface area contributed by atoms with E-state index >= 15 is 0 Å². The van der Waals surface area contributed by atoms with Gasteiger partial charge in [0.15, 0.2) is 0 Å². The molecule has 0 aromatic heterocycles. The number of allylic oxidation sites excluding steroid dienone is 1. The summed E-state index contributed by atoms with van der Waals surface area (Å²) in [4.78, 5) is 11.0. The second-order valence-corrected chi connectivity index (χ2v) is 8.22. The van der Waals surface area contributed by atoms with E-state index in [1.165, 1.54) is 24.0 Å². The van der Waals surface area contributed by atoms with Crippen molar-refractivity contribution >= 4 is 12.4 Å². The van der Waals surface area contributed by atoms with Crippen LogP contribution in [0.3, 0.4) is 0 Å². The second-order valence-electron chi connectivity index (χ2n) is 8.22. The van der Waals surface area contributed by atoms with Crippen molar-refractivity contribution in [3.05, 3.63) is 65.8 Å². The van der Waals surface area contributed by atoms with Crippen molar-refractivity contribution in [1.82, 2.24) is 15.5 Å². The number of nitrogens with one attached hydrogen (secondary N) is 2. The van der Waals surface area contributed by atoms with Crippen LogP contribution in [-0.4, -0.2) is 56.6 Å². The molecule has 1 aromatic carbocycles. The first-order chi connectivity index (χ1) is 14.7. The minimum absolute atomic E-state index is 0.357. The Labute approximate surface area is 181 Å². The third kappa shape index (κ3) is 6.27. The van der Waals surface area contributed by atoms with Gasteiger partial charge in [0.05, 0.1) is 11.4 Å². The molecule has 30 heavy (non-hydrogen) atoms. The highest BCUT2D eigenvalue weighted by atomic mass is 15.1. The van der Waals surface area contributed by atoms with Gasteiger partial charge in [-0.3, -0.25) is 9.98 Å². The monoisotopic (exact) mass is 405 g/mol. The average Bonchev–Trinajstić information content (AvgIpc) is 3.18. The molecule has 2 aliphatic rings.